The molecule has 0 radical (unpaired) electrons. The van der Waals surface area contributed by atoms with E-state index in [9.17, 15) is 9.59 Å². The van der Waals surface area contributed by atoms with Gasteiger partial charge in [0.2, 0.25) is 11.8 Å². The Bertz CT molecular complexity index is 1350. The van der Waals surface area contributed by atoms with Crippen molar-refractivity contribution >= 4 is 29.1 Å². The van der Waals surface area contributed by atoms with Gasteiger partial charge in [0.25, 0.3) is 0 Å². The van der Waals surface area contributed by atoms with E-state index in [1.807, 2.05) is 0 Å². The van der Waals surface area contributed by atoms with Gasteiger partial charge >= 0.3 is 0 Å². The van der Waals surface area contributed by atoms with Crippen LogP contribution in [0.3, 0.4) is 0 Å². The van der Waals surface area contributed by atoms with Gasteiger partial charge in [-0.2, -0.15) is 0 Å². The summed E-state index contributed by atoms with van der Waals surface area (Å²) in [5.74, 6) is -1.31. The van der Waals surface area contributed by atoms with Crippen molar-refractivity contribution in [1.82, 2.24) is 0 Å². The number of carbonyl (C=O) groups excluding carboxylic acids is 2. The molecule has 0 saturated carbocycles. The van der Waals surface area contributed by atoms with E-state index in [-0.39, 0.29) is 34.5 Å². The molecule has 1 heterocycles. The lowest BCUT2D eigenvalue weighted by molar-refractivity contribution is -0.122. The van der Waals surface area contributed by atoms with Gasteiger partial charge in [0.05, 0.1) is 17.5 Å². The van der Waals surface area contributed by atoms with Gasteiger partial charge < -0.3 is 0 Å². The molecule has 4 atom stereocenters. The Balaban J connectivity index is 1.58. The molecule has 3 aromatic carbocycles. The molecule has 3 nitrogen and oxygen atoms in total. The Morgan fingerprint density at radius 1 is 0.639 bits per heavy atom. The highest BCUT2D eigenvalue weighted by molar-refractivity contribution is 6.31. The molecule has 4 aliphatic rings. The minimum absolute atomic E-state index is 0.00757. The lowest BCUT2D eigenvalue weighted by Crippen LogP contribution is -2.42. The molecule has 0 aromatic heterocycles. The fraction of sp³-hybridized carbons (Fsp3) is 0.375. The van der Waals surface area contributed by atoms with Gasteiger partial charge in [0, 0.05) is 16.9 Å². The first-order valence-corrected chi connectivity index (χ1v) is 13.2. The number of amides is 2. The highest BCUT2D eigenvalue weighted by atomic mass is 35.5. The predicted molar refractivity (Wildman–Crippen MR) is 145 cm³/mol. The molecule has 7 rings (SSSR count). The summed E-state index contributed by atoms with van der Waals surface area (Å²) in [4.78, 5) is 29.5. The van der Waals surface area contributed by atoms with E-state index >= 15 is 0 Å². The zero-order valence-corrected chi connectivity index (χ0v) is 22.5. The lowest BCUT2D eigenvalue weighted by atomic mass is 9.54. The summed E-state index contributed by atoms with van der Waals surface area (Å²) < 4.78 is 0. The maximum Gasteiger partial charge on any atom is 0.238 e. The van der Waals surface area contributed by atoms with E-state index in [0.717, 1.165) is 0 Å². The van der Waals surface area contributed by atoms with Crippen LogP contribution in [0, 0.1) is 11.8 Å². The van der Waals surface area contributed by atoms with E-state index in [0.29, 0.717) is 10.7 Å². The van der Waals surface area contributed by atoms with Crippen molar-refractivity contribution in [3.63, 3.8) is 0 Å². The zero-order valence-electron chi connectivity index (χ0n) is 21.7. The Morgan fingerprint density at radius 3 is 1.53 bits per heavy atom. The first kappa shape index (κ1) is 23.5. The van der Waals surface area contributed by atoms with Crippen LogP contribution in [0.25, 0.3) is 0 Å². The minimum Gasteiger partial charge on any atom is -0.274 e. The molecular weight excluding hydrogens is 466 g/mol. The SMILES string of the molecule is CC(C)(C)c1ccc2c(c1)C1c3ccc(C(C)(C)C)cc3C2C2C(=O)N(c3cccc(Cl)c3)C(=O)C12. The topological polar surface area (TPSA) is 37.4 Å². The fourth-order valence-electron chi connectivity index (χ4n) is 6.58. The first-order chi connectivity index (χ1) is 16.9. The largest absolute Gasteiger partial charge is 0.274 e. The summed E-state index contributed by atoms with van der Waals surface area (Å²) in [6, 6.07) is 20.5. The molecule has 4 unspecified atom stereocenters. The van der Waals surface area contributed by atoms with Crippen molar-refractivity contribution in [1.29, 1.82) is 0 Å². The summed E-state index contributed by atoms with van der Waals surface area (Å²) in [5.41, 5.74) is 7.86. The second-order valence-electron chi connectivity index (χ2n) is 12.7. The van der Waals surface area contributed by atoms with Crippen LogP contribution < -0.4 is 4.90 Å². The number of hydrogen-bond donors (Lipinski definition) is 0. The minimum atomic E-state index is -0.405. The number of carbonyl (C=O) groups is 2. The smallest absolute Gasteiger partial charge is 0.238 e. The quantitative estimate of drug-likeness (QED) is 0.330. The van der Waals surface area contributed by atoms with Gasteiger partial charge in [-0.25, -0.2) is 4.90 Å². The Hall–Kier alpha value is -2.91. The number of nitrogens with zero attached hydrogens (tertiary/aromatic N) is 1. The molecule has 0 N–H and O–H groups in total. The third-order valence-electron chi connectivity index (χ3n) is 8.43. The molecule has 1 saturated heterocycles. The molecule has 2 bridgehead atoms. The van der Waals surface area contributed by atoms with Crippen molar-refractivity contribution in [2.24, 2.45) is 11.8 Å². The number of anilines is 1. The number of benzene rings is 3. The fourth-order valence-corrected chi connectivity index (χ4v) is 6.76. The molecule has 1 fully saturated rings. The molecule has 2 amide bonds. The normalized spacial score (nSPS) is 24.6. The number of hydrogen-bond acceptors (Lipinski definition) is 2. The zero-order chi connectivity index (χ0) is 25.7. The van der Waals surface area contributed by atoms with Crippen LogP contribution in [0.4, 0.5) is 5.69 Å². The molecule has 0 spiro atoms. The second kappa shape index (κ2) is 7.55. The maximum absolute atomic E-state index is 14.0. The van der Waals surface area contributed by atoms with Crippen LogP contribution in [0.15, 0.2) is 60.7 Å². The monoisotopic (exact) mass is 497 g/mol. The molecule has 4 heteroatoms. The van der Waals surface area contributed by atoms with Gasteiger partial charge in [0.15, 0.2) is 0 Å². The van der Waals surface area contributed by atoms with Crippen molar-refractivity contribution in [2.45, 2.75) is 64.2 Å². The van der Waals surface area contributed by atoms with Crippen LogP contribution >= 0.6 is 11.6 Å². The lowest BCUT2D eigenvalue weighted by Gasteiger charge is -2.47. The summed E-state index contributed by atoms with van der Waals surface area (Å²) in [7, 11) is 0. The predicted octanol–water partition coefficient (Wildman–Crippen LogP) is 7.33. The number of halogens is 1. The summed E-state index contributed by atoms with van der Waals surface area (Å²) >= 11 is 6.26. The van der Waals surface area contributed by atoms with E-state index < -0.39 is 11.8 Å². The van der Waals surface area contributed by atoms with Crippen LogP contribution in [0.1, 0.15) is 86.8 Å². The molecule has 3 aliphatic carbocycles. The molecule has 1 aliphatic heterocycles. The van der Waals surface area contributed by atoms with Crippen LogP contribution in [-0.2, 0) is 20.4 Å². The molecule has 36 heavy (non-hydrogen) atoms. The van der Waals surface area contributed by atoms with Crippen LogP contribution in [0.5, 0.6) is 0 Å². The van der Waals surface area contributed by atoms with Gasteiger partial charge in [-0.05, 0) is 62.4 Å². The Kier molecular flexibility index (Phi) is 4.93. The molecule has 3 aromatic rings. The van der Waals surface area contributed by atoms with Crippen molar-refractivity contribution in [3.8, 4) is 0 Å². The van der Waals surface area contributed by atoms with Crippen molar-refractivity contribution in [2.75, 3.05) is 4.90 Å². The van der Waals surface area contributed by atoms with Gasteiger partial charge in [0.1, 0.15) is 0 Å². The van der Waals surface area contributed by atoms with Gasteiger partial charge in [-0.15, -0.1) is 0 Å². The van der Waals surface area contributed by atoms with Crippen LogP contribution in [-0.4, -0.2) is 11.8 Å². The third-order valence-corrected chi connectivity index (χ3v) is 8.66. The van der Waals surface area contributed by atoms with E-state index in [4.69, 9.17) is 11.6 Å². The van der Waals surface area contributed by atoms with E-state index in [1.165, 1.54) is 38.3 Å². The third kappa shape index (κ3) is 3.25. The van der Waals surface area contributed by atoms with Gasteiger partial charge in [-0.1, -0.05) is 95.6 Å². The van der Waals surface area contributed by atoms with Crippen molar-refractivity contribution < 1.29 is 9.59 Å². The highest BCUT2D eigenvalue weighted by Gasteiger charge is 2.62. The van der Waals surface area contributed by atoms with Crippen LogP contribution in [0.2, 0.25) is 5.02 Å². The number of rotatable bonds is 1. The second-order valence-corrected chi connectivity index (χ2v) is 13.1. The van der Waals surface area contributed by atoms with E-state index in [1.54, 1.807) is 24.3 Å². The maximum atomic E-state index is 14.0. The van der Waals surface area contributed by atoms with Gasteiger partial charge in [-0.3, -0.25) is 9.59 Å². The molecular formula is C32H32ClNO2. The highest BCUT2D eigenvalue weighted by Crippen LogP contribution is 2.62. The average molecular weight is 498 g/mol. The standard InChI is InChI=1S/C32H32ClNO2/c1-31(2,3)17-10-12-21-23(14-17)25-22-13-11-18(32(4,5)6)15-24(22)26(21)28-27(25)29(35)34(30(28)36)20-9-7-8-19(33)16-20/h7-16,25-28H,1-6H3. The summed E-state index contributed by atoms with van der Waals surface area (Å²) in [6.07, 6.45) is 0. The van der Waals surface area contributed by atoms with Crippen molar-refractivity contribution in [3.05, 3.63) is 99.1 Å². The summed E-state index contributed by atoms with van der Waals surface area (Å²) in [6.45, 7) is 13.3. The average Bonchev–Trinajstić information content (AvgIpc) is 3.07. The molecule has 184 valence electrons. The Morgan fingerprint density at radius 2 is 1.11 bits per heavy atom. The Labute approximate surface area is 218 Å². The first-order valence-electron chi connectivity index (χ1n) is 12.8. The number of imide groups is 1. The van der Waals surface area contributed by atoms with E-state index in [2.05, 4.69) is 77.9 Å². The summed E-state index contributed by atoms with van der Waals surface area (Å²) in [5, 5.41) is 0.516.